The number of pyridine rings is 1. The molecule has 0 bridgehead atoms. The molecule has 0 saturated carbocycles. The van der Waals surface area contributed by atoms with Crippen LogP contribution in [-0.4, -0.2) is 22.0 Å². The second-order valence-corrected chi connectivity index (χ2v) is 7.34. The number of aryl methyl sites for hydroxylation is 1. The van der Waals surface area contributed by atoms with Crippen LogP contribution in [0.3, 0.4) is 0 Å². The maximum Gasteiger partial charge on any atom is 0.335 e. The Balaban J connectivity index is 1.91. The quantitative estimate of drug-likeness (QED) is 0.653. The maximum atomic E-state index is 13.6. The van der Waals surface area contributed by atoms with Crippen LogP contribution >= 0.6 is 0 Å². The molecule has 0 radical (unpaired) electrons. The Labute approximate surface area is 168 Å². The minimum absolute atomic E-state index is 0.158. The van der Waals surface area contributed by atoms with Gasteiger partial charge < -0.3 is 10.4 Å². The molecule has 0 spiro atoms. The summed E-state index contributed by atoms with van der Waals surface area (Å²) in [6.45, 7) is 5.28. The molecule has 29 heavy (non-hydrogen) atoms. The van der Waals surface area contributed by atoms with Crippen LogP contribution in [0.25, 0.3) is 11.3 Å². The molecule has 1 aromatic heterocycles. The number of benzene rings is 2. The molecule has 6 heteroatoms. The Hall–Kier alpha value is -3.54. The number of rotatable bonds is 5. The molecule has 3 aromatic rings. The first-order valence-corrected chi connectivity index (χ1v) is 9.07. The number of aromatic nitrogens is 1. The summed E-state index contributed by atoms with van der Waals surface area (Å²) in [5.41, 5.74) is 1.80. The van der Waals surface area contributed by atoms with Crippen molar-refractivity contribution < 1.29 is 19.1 Å². The smallest absolute Gasteiger partial charge is 0.335 e. The Bertz CT molecular complexity index is 1090. The van der Waals surface area contributed by atoms with E-state index in [1.807, 2.05) is 6.92 Å². The largest absolute Gasteiger partial charge is 0.478 e. The zero-order valence-electron chi connectivity index (χ0n) is 16.4. The number of hydrogen-bond donors (Lipinski definition) is 2. The van der Waals surface area contributed by atoms with Gasteiger partial charge in [0.1, 0.15) is 11.6 Å². The van der Waals surface area contributed by atoms with E-state index in [-0.39, 0.29) is 11.5 Å². The number of nitrogens with one attached hydrogen (secondary N) is 1. The van der Waals surface area contributed by atoms with Gasteiger partial charge in [0.2, 0.25) is 5.91 Å². The monoisotopic (exact) mass is 392 g/mol. The normalized spacial score (nSPS) is 11.2. The van der Waals surface area contributed by atoms with Gasteiger partial charge in [0.15, 0.2) is 0 Å². The Kier molecular flexibility index (Phi) is 5.46. The van der Waals surface area contributed by atoms with Gasteiger partial charge in [-0.3, -0.25) is 4.79 Å². The van der Waals surface area contributed by atoms with Crippen LogP contribution in [0.15, 0.2) is 60.7 Å². The molecule has 1 amide bonds. The SMILES string of the molecule is Cc1ccc(NC(=O)C(C)(C)c2cccc(F)c2)nc1-c1cccc(C(=O)O)c1. The third-order valence-electron chi connectivity index (χ3n) is 4.84. The number of carbonyl (C=O) groups is 2. The summed E-state index contributed by atoms with van der Waals surface area (Å²) >= 11 is 0. The average Bonchev–Trinajstić information content (AvgIpc) is 2.69. The Morgan fingerprint density at radius 1 is 1.03 bits per heavy atom. The van der Waals surface area contributed by atoms with E-state index >= 15 is 0 Å². The van der Waals surface area contributed by atoms with E-state index in [9.17, 15) is 19.1 Å². The summed E-state index contributed by atoms with van der Waals surface area (Å²) in [4.78, 5) is 28.6. The molecule has 1 heterocycles. The fraction of sp³-hybridized carbons (Fsp3) is 0.174. The zero-order chi connectivity index (χ0) is 21.2. The number of anilines is 1. The van der Waals surface area contributed by atoms with E-state index in [1.165, 1.54) is 18.2 Å². The van der Waals surface area contributed by atoms with Crippen molar-refractivity contribution >= 4 is 17.7 Å². The van der Waals surface area contributed by atoms with Crippen LogP contribution < -0.4 is 5.32 Å². The fourth-order valence-electron chi connectivity index (χ4n) is 2.97. The number of aromatic carboxylic acids is 1. The van der Waals surface area contributed by atoms with Crippen LogP contribution in [0.4, 0.5) is 10.2 Å². The van der Waals surface area contributed by atoms with Crippen molar-refractivity contribution in [2.24, 2.45) is 0 Å². The molecule has 148 valence electrons. The third-order valence-corrected chi connectivity index (χ3v) is 4.84. The summed E-state index contributed by atoms with van der Waals surface area (Å²) in [6.07, 6.45) is 0. The number of nitrogens with zero attached hydrogens (tertiary/aromatic N) is 1. The molecule has 0 saturated heterocycles. The first-order valence-electron chi connectivity index (χ1n) is 9.07. The van der Waals surface area contributed by atoms with E-state index in [0.717, 1.165) is 5.56 Å². The third kappa shape index (κ3) is 4.32. The van der Waals surface area contributed by atoms with Gasteiger partial charge in [0.05, 0.1) is 16.7 Å². The summed E-state index contributed by atoms with van der Waals surface area (Å²) in [5, 5.41) is 12.0. The van der Waals surface area contributed by atoms with Gasteiger partial charge >= 0.3 is 5.97 Å². The summed E-state index contributed by atoms with van der Waals surface area (Å²) in [6, 6.07) is 15.9. The van der Waals surface area contributed by atoms with Crippen molar-refractivity contribution in [2.45, 2.75) is 26.2 Å². The average molecular weight is 392 g/mol. The highest BCUT2D eigenvalue weighted by atomic mass is 19.1. The van der Waals surface area contributed by atoms with Crippen LogP contribution in [0.2, 0.25) is 0 Å². The molecule has 5 nitrogen and oxygen atoms in total. The van der Waals surface area contributed by atoms with Gasteiger partial charge in [-0.25, -0.2) is 14.2 Å². The van der Waals surface area contributed by atoms with Crippen molar-refractivity contribution in [3.05, 3.63) is 83.2 Å². The molecule has 0 aliphatic carbocycles. The summed E-state index contributed by atoms with van der Waals surface area (Å²) < 4.78 is 13.6. The van der Waals surface area contributed by atoms with Crippen molar-refractivity contribution in [3.63, 3.8) is 0 Å². The Morgan fingerprint density at radius 3 is 2.45 bits per heavy atom. The standard InChI is InChI=1S/C23H21FN2O3/c1-14-10-11-19(25-20(14)15-6-4-7-16(12-15)21(27)28)26-22(29)23(2,3)17-8-5-9-18(24)13-17/h4-13H,1-3H3,(H,27,28)(H,25,26,29). The molecule has 0 fully saturated rings. The Morgan fingerprint density at radius 2 is 1.76 bits per heavy atom. The minimum Gasteiger partial charge on any atom is -0.478 e. The van der Waals surface area contributed by atoms with Crippen molar-refractivity contribution in [1.82, 2.24) is 4.98 Å². The number of halogens is 1. The lowest BCUT2D eigenvalue weighted by Gasteiger charge is -2.24. The van der Waals surface area contributed by atoms with Crippen LogP contribution in [0, 0.1) is 12.7 Å². The summed E-state index contributed by atoms with van der Waals surface area (Å²) in [7, 11) is 0. The number of carboxylic acid groups (broad SMARTS) is 1. The van der Waals surface area contributed by atoms with E-state index in [1.54, 1.807) is 56.3 Å². The molecule has 0 aliphatic rings. The van der Waals surface area contributed by atoms with Gasteiger partial charge in [0, 0.05) is 5.56 Å². The highest BCUT2D eigenvalue weighted by Crippen LogP contribution is 2.27. The maximum absolute atomic E-state index is 13.6. The topological polar surface area (TPSA) is 79.3 Å². The van der Waals surface area contributed by atoms with Gasteiger partial charge in [-0.05, 0) is 62.2 Å². The van der Waals surface area contributed by atoms with Crippen LogP contribution in [0.1, 0.15) is 35.3 Å². The second-order valence-electron chi connectivity index (χ2n) is 7.34. The number of carboxylic acids is 1. The molecule has 0 atom stereocenters. The predicted octanol–water partition coefficient (Wildman–Crippen LogP) is 4.81. The molecule has 2 aromatic carbocycles. The van der Waals surface area contributed by atoms with E-state index < -0.39 is 17.2 Å². The van der Waals surface area contributed by atoms with Crippen molar-refractivity contribution in [2.75, 3.05) is 5.32 Å². The lowest BCUT2D eigenvalue weighted by molar-refractivity contribution is -0.120. The molecule has 0 unspecified atom stereocenters. The number of amides is 1. The number of hydrogen-bond acceptors (Lipinski definition) is 3. The van der Waals surface area contributed by atoms with Gasteiger partial charge in [-0.1, -0.05) is 30.3 Å². The molecular weight excluding hydrogens is 371 g/mol. The molecular formula is C23H21FN2O3. The second kappa shape index (κ2) is 7.83. The molecule has 0 aliphatic heterocycles. The zero-order valence-corrected chi connectivity index (χ0v) is 16.4. The first-order chi connectivity index (χ1) is 13.7. The van der Waals surface area contributed by atoms with Gasteiger partial charge in [-0.15, -0.1) is 0 Å². The van der Waals surface area contributed by atoms with Gasteiger partial charge in [-0.2, -0.15) is 0 Å². The predicted molar refractivity (Wildman–Crippen MR) is 109 cm³/mol. The minimum atomic E-state index is -1.02. The lowest BCUT2D eigenvalue weighted by atomic mass is 9.83. The molecule has 3 rings (SSSR count). The first kappa shape index (κ1) is 20.2. The highest BCUT2D eigenvalue weighted by molar-refractivity contribution is 5.98. The van der Waals surface area contributed by atoms with E-state index in [2.05, 4.69) is 10.3 Å². The summed E-state index contributed by atoms with van der Waals surface area (Å²) in [5.74, 6) is -1.42. The van der Waals surface area contributed by atoms with Gasteiger partial charge in [0.25, 0.3) is 0 Å². The van der Waals surface area contributed by atoms with E-state index in [0.29, 0.717) is 22.6 Å². The lowest BCUT2D eigenvalue weighted by Crippen LogP contribution is -2.35. The van der Waals surface area contributed by atoms with Crippen LogP contribution in [0.5, 0.6) is 0 Å². The molecule has 2 N–H and O–H groups in total. The highest BCUT2D eigenvalue weighted by Gasteiger charge is 2.30. The fourth-order valence-corrected chi connectivity index (χ4v) is 2.97. The van der Waals surface area contributed by atoms with E-state index in [4.69, 9.17) is 0 Å². The van der Waals surface area contributed by atoms with Crippen LogP contribution in [-0.2, 0) is 10.2 Å². The van der Waals surface area contributed by atoms with Crippen molar-refractivity contribution in [1.29, 1.82) is 0 Å². The van der Waals surface area contributed by atoms with Crippen molar-refractivity contribution in [3.8, 4) is 11.3 Å². The number of carbonyl (C=O) groups excluding carboxylic acids is 1.